The van der Waals surface area contributed by atoms with E-state index in [1.54, 1.807) is 6.20 Å². The molecule has 1 atom stereocenters. The number of hydrogen-bond donors (Lipinski definition) is 2. The van der Waals surface area contributed by atoms with Gasteiger partial charge in [0.2, 0.25) is 0 Å². The predicted molar refractivity (Wildman–Crippen MR) is 91.9 cm³/mol. The van der Waals surface area contributed by atoms with E-state index in [9.17, 15) is 9.90 Å². The molecule has 1 fully saturated rings. The minimum atomic E-state index is -0.728. The number of nitrogens with zero attached hydrogens (tertiary/aromatic N) is 3. The quantitative estimate of drug-likeness (QED) is 0.775. The molecule has 0 amide bonds. The minimum Gasteiger partial charge on any atom is -0.481 e. The van der Waals surface area contributed by atoms with E-state index in [0.29, 0.717) is 6.54 Å². The third kappa shape index (κ3) is 2.60. The molecule has 0 spiro atoms. The third-order valence-corrected chi connectivity index (χ3v) is 4.58. The number of para-hydroxylation sites is 1. The molecule has 0 saturated carbocycles. The number of carboxylic acids is 1. The first-order valence-corrected chi connectivity index (χ1v) is 8.09. The van der Waals surface area contributed by atoms with E-state index in [4.69, 9.17) is 0 Å². The zero-order valence-electron chi connectivity index (χ0n) is 13.1. The van der Waals surface area contributed by atoms with Gasteiger partial charge in [0.15, 0.2) is 0 Å². The zero-order chi connectivity index (χ0) is 16.5. The van der Waals surface area contributed by atoms with Crippen molar-refractivity contribution >= 4 is 22.7 Å². The van der Waals surface area contributed by atoms with Crippen molar-refractivity contribution in [1.82, 2.24) is 15.2 Å². The van der Waals surface area contributed by atoms with E-state index < -0.39 is 5.97 Å². The van der Waals surface area contributed by atoms with Crippen molar-refractivity contribution < 1.29 is 9.90 Å². The number of aliphatic carboxylic acids is 1. The molecule has 122 valence electrons. The lowest BCUT2D eigenvalue weighted by Gasteiger charge is -2.31. The van der Waals surface area contributed by atoms with Crippen LogP contribution in [0.15, 0.2) is 42.6 Å². The number of piperidine rings is 1. The van der Waals surface area contributed by atoms with Crippen LogP contribution in [0.2, 0.25) is 0 Å². The van der Waals surface area contributed by atoms with Crippen LogP contribution in [0.1, 0.15) is 12.8 Å². The monoisotopic (exact) mass is 322 g/mol. The van der Waals surface area contributed by atoms with Gasteiger partial charge in [-0.25, -0.2) is 4.98 Å². The molecule has 2 aromatic heterocycles. The highest BCUT2D eigenvalue weighted by Gasteiger charge is 2.26. The largest absolute Gasteiger partial charge is 0.481 e. The maximum absolute atomic E-state index is 11.3. The van der Waals surface area contributed by atoms with Gasteiger partial charge < -0.3 is 10.0 Å². The number of anilines is 1. The summed E-state index contributed by atoms with van der Waals surface area (Å²) < 4.78 is 0. The molecular weight excluding hydrogens is 304 g/mol. The number of aromatic amines is 1. The number of H-pyrrole nitrogens is 1. The van der Waals surface area contributed by atoms with Crippen molar-refractivity contribution in [3.63, 3.8) is 0 Å². The maximum atomic E-state index is 11.3. The molecular formula is C18H18N4O2. The highest BCUT2D eigenvalue weighted by Crippen LogP contribution is 2.29. The summed E-state index contributed by atoms with van der Waals surface area (Å²) in [7, 11) is 0. The average molecular weight is 322 g/mol. The van der Waals surface area contributed by atoms with Gasteiger partial charge in [0.05, 0.1) is 11.4 Å². The van der Waals surface area contributed by atoms with Crippen LogP contribution in [0.5, 0.6) is 0 Å². The molecule has 2 N–H and O–H groups in total. The first kappa shape index (κ1) is 14.7. The summed E-state index contributed by atoms with van der Waals surface area (Å²) in [5, 5.41) is 17.8. The highest BCUT2D eigenvalue weighted by atomic mass is 16.4. The Hall–Kier alpha value is -2.89. The van der Waals surface area contributed by atoms with E-state index in [-0.39, 0.29) is 5.92 Å². The first-order chi connectivity index (χ1) is 11.7. The van der Waals surface area contributed by atoms with E-state index in [1.165, 1.54) is 0 Å². The van der Waals surface area contributed by atoms with Crippen LogP contribution < -0.4 is 4.90 Å². The van der Waals surface area contributed by atoms with Gasteiger partial charge in [-0.05, 0) is 31.0 Å². The molecule has 0 radical (unpaired) electrons. The number of rotatable bonds is 3. The average Bonchev–Trinajstić information content (AvgIpc) is 3.06. The summed E-state index contributed by atoms with van der Waals surface area (Å²) >= 11 is 0. The summed E-state index contributed by atoms with van der Waals surface area (Å²) in [6.07, 6.45) is 3.36. The number of nitrogens with one attached hydrogen (secondary N) is 1. The Kier molecular flexibility index (Phi) is 3.65. The Morgan fingerprint density at radius 3 is 3.04 bits per heavy atom. The van der Waals surface area contributed by atoms with Crippen molar-refractivity contribution in [2.45, 2.75) is 12.8 Å². The SMILES string of the molecule is O=C(O)[C@H]1CCCN(c2cc(-c3n[nH]c4ccccc34)ccn2)C1. The van der Waals surface area contributed by atoms with Crippen molar-refractivity contribution in [2.24, 2.45) is 5.92 Å². The predicted octanol–water partition coefficient (Wildman–Crippen LogP) is 2.93. The molecule has 3 aromatic rings. The fourth-order valence-corrected chi connectivity index (χ4v) is 3.31. The van der Waals surface area contributed by atoms with E-state index in [1.807, 2.05) is 36.4 Å². The van der Waals surface area contributed by atoms with Crippen molar-refractivity contribution in [2.75, 3.05) is 18.0 Å². The number of pyridine rings is 1. The molecule has 1 saturated heterocycles. The van der Waals surface area contributed by atoms with E-state index in [2.05, 4.69) is 20.1 Å². The summed E-state index contributed by atoms with van der Waals surface area (Å²) in [5.41, 5.74) is 2.87. The molecule has 0 unspecified atom stereocenters. The van der Waals surface area contributed by atoms with Crippen molar-refractivity contribution in [3.8, 4) is 11.3 Å². The Morgan fingerprint density at radius 2 is 2.17 bits per heavy atom. The Labute approximate surface area is 139 Å². The van der Waals surface area contributed by atoms with Gasteiger partial charge in [-0.3, -0.25) is 9.89 Å². The topological polar surface area (TPSA) is 82.1 Å². The second-order valence-corrected chi connectivity index (χ2v) is 6.14. The normalized spacial score (nSPS) is 18.0. The number of carbonyl (C=O) groups is 1. The highest BCUT2D eigenvalue weighted by molar-refractivity contribution is 5.93. The molecule has 1 aliphatic heterocycles. The van der Waals surface area contributed by atoms with Gasteiger partial charge in [-0.15, -0.1) is 0 Å². The molecule has 3 heterocycles. The number of fused-ring (bicyclic) bond motifs is 1. The molecule has 0 bridgehead atoms. The summed E-state index contributed by atoms with van der Waals surface area (Å²) in [5.74, 6) is -0.241. The van der Waals surface area contributed by atoms with Crippen LogP contribution in [0, 0.1) is 5.92 Å². The standard InChI is InChI=1S/C18H18N4O2/c23-18(24)13-4-3-9-22(11-13)16-10-12(7-8-19-16)17-14-5-1-2-6-15(14)20-21-17/h1-2,5-8,10,13H,3-4,9,11H2,(H,20,21)(H,23,24)/t13-/m0/s1. The van der Waals surface area contributed by atoms with Crippen LogP contribution in [-0.2, 0) is 4.79 Å². The lowest BCUT2D eigenvalue weighted by molar-refractivity contribution is -0.141. The van der Waals surface area contributed by atoms with Gasteiger partial charge in [-0.2, -0.15) is 5.10 Å². The van der Waals surface area contributed by atoms with Gasteiger partial charge in [-0.1, -0.05) is 18.2 Å². The third-order valence-electron chi connectivity index (χ3n) is 4.58. The first-order valence-electron chi connectivity index (χ1n) is 8.09. The zero-order valence-corrected chi connectivity index (χ0v) is 13.1. The number of aromatic nitrogens is 3. The molecule has 6 nitrogen and oxygen atoms in total. The van der Waals surface area contributed by atoms with Gasteiger partial charge in [0, 0.05) is 30.2 Å². The van der Waals surface area contributed by atoms with Crippen LogP contribution in [0.4, 0.5) is 5.82 Å². The van der Waals surface area contributed by atoms with Gasteiger partial charge in [0.1, 0.15) is 11.5 Å². The molecule has 1 aromatic carbocycles. The molecule has 0 aliphatic carbocycles. The fourth-order valence-electron chi connectivity index (χ4n) is 3.31. The molecule has 4 rings (SSSR count). The molecule has 1 aliphatic rings. The second-order valence-electron chi connectivity index (χ2n) is 6.14. The lowest BCUT2D eigenvalue weighted by Crippen LogP contribution is -2.39. The van der Waals surface area contributed by atoms with Crippen LogP contribution in [0.25, 0.3) is 22.2 Å². The fraction of sp³-hybridized carbons (Fsp3) is 0.278. The van der Waals surface area contributed by atoms with E-state index in [0.717, 1.165) is 47.4 Å². The van der Waals surface area contributed by atoms with Crippen LogP contribution >= 0.6 is 0 Å². The molecule has 6 heteroatoms. The summed E-state index contributed by atoms with van der Waals surface area (Å²) in [6.45, 7) is 1.34. The van der Waals surface area contributed by atoms with Crippen molar-refractivity contribution in [1.29, 1.82) is 0 Å². The smallest absolute Gasteiger partial charge is 0.308 e. The Bertz CT molecular complexity index is 889. The summed E-state index contributed by atoms with van der Waals surface area (Å²) in [4.78, 5) is 17.8. The Morgan fingerprint density at radius 1 is 1.29 bits per heavy atom. The van der Waals surface area contributed by atoms with Gasteiger partial charge in [0.25, 0.3) is 0 Å². The number of benzene rings is 1. The second kappa shape index (κ2) is 5.96. The minimum absolute atomic E-state index is 0.324. The lowest BCUT2D eigenvalue weighted by atomic mass is 9.98. The van der Waals surface area contributed by atoms with E-state index >= 15 is 0 Å². The maximum Gasteiger partial charge on any atom is 0.308 e. The van der Waals surface area contributed by atoms with Crippen molar-refractivity contribution in [3.05, 3.63) is 42.6 Å². The Balaban J connectivity index is 1.68. The number of carboxylic acid groups (broad SMARTS) is 1. The molecule has 24 heavy (non-hydrogen) atoms. The van der Waals surface area contributed by atoms with Crippen LogP contribution in [-0.4, -0.2) is 39.3 Å². The summed E-state index contributed by atoms with van der Waals surface area (Å²) in [6, 6.07) is 11.9. The van der Waals surface area contributed by atoms with Gasteiger partial charge >= 0.3 is 5.97 Å². The number of hydrogen-bond acceptors (Lipinski definition) is 4. The van der Waals surface area contributed by atoms with Crippen LogP contribution in [0.3, 0.4) is 0 Å².